The van der Waals surface area contributed by atoms with Crippen molar-refractivity contribution in [2.75, 3.05) is 0 Å². The van der Waals surface area contributed by atoms with Crippen LogP contribution < -0.4 is 0 Å². The highest BCUT2D eigenvalue weighted by molar-refractivity contribution is 6.00. The first-order chi connectivity index (χ1) is 15.1. The molecule has 3 aromatic carbocycles. The number of allylic oxidation sites excluding steroid dienone is 1. The lowest BCUT2D eigenvalue weighted by Gasteiger charge is -2.17. The second kappa shape index (κ2) is 8.79. The molecule has 0 saturated heterocycles. The van der Waals surface area contributed by atoms with E-state index in [-0.39, 0.29) is 0 Å². The van der Waals surface area contributed by atoms with Gasteiger partial charge in [0.25, 0.3) is 0 Å². The number of hydrogen-bond donors (Lipinski definition) is 2. The third-order valence-corrected chi connectivity index (χ3v) is 5.20. The molecule has 0 radical (unpaired) electrons. The van der Waals surface area contributed by atoms with E-state index in [2.05, 4.69) is 29.3 Å². The molecule has 154 valence electrons. The Bertz CT molecular complexity index is 1290. The highest BCUT2D eigenvalue weighted by Crippen LogP contribution is 2.35. The molecule has 1 aromatic heterocycles. The van der Waals surface area contributed by atoms with E-state index in [4.69, 9.17) is 5.11 Å². The fraction of sp³-hybridized carbons (Fsp3) is 0.0769. The molecular formula is C26H21FN2O2. The molecule has 2 N–H and O–H groups in total. The summed E-state index contributed by atoms with van der Waals surface area (Å²) in [7, 11) is 0. The fourth-order valence-corrected chi connectivity index (χ4v) is 3.75. The molecule has 0 aliphatic heterocycles. The Morgan fingerprint density at radius 3 is 2.39 bits per heavy atom. The molecular weight excluding hydrogens is 391 g/mol. The van der Waals surface area contributed by atoms with E-state index in [1.165, 1.54) is 0 Å². The molecule has 0 spiro atoms. The largest absolute Gasteiger partial charge is 0.478 e. The zero-order chi connectivity index (χ0) is 21.8. The summed E-state index contributed by atoms with van der Waals surface area (Å²) in [5, 5.41) is 15.7. The minimum Gasteiger partial charge on any atom is -0.478 e. The predicted molar refractivity (Wildman–Crippen MR) is 122 cm³/mol. The van der Waals surface area contributed by atoms with Crippen molar-refractivity contribution in [1.82, 2.24) is 10.2 Å². The number of halogens is 1. The third-order valence-electron chi connectivity index (χ3n) is 5.20. The summed E-state index contributed by atoms with van der Waals surface area (Å²) in [5.41, 5.74) is 6.54. The van der Waals surface area contributed by atoms with Crippen molar-refractivity contribution < 1.29 is 14.3 Å². The summed E-state index contributed by atoms with van der Waals surface area (Å²) >= 11 is 0. The number of fused-ring (bicyclic) bond motifs is 1. The highest BCUT2D eigenvalue weighted by Gasteiger charge is 2.15. The van der Waals surface area contributed by atoms with E-state index in [0.717, 1.165) is 45.9 Å². The van der Waals surface area contributed by atoms with Gasteiger partial charge in [0.15, 0.2) is 0 Å². The minimum atomic E-state index is -0.988. The Morgan fingerprint density at radius 2 is 1.71 bits per heavy atom. The normalized spacial score (nSPS) is 12.3. The van der Waals surface area contributed by atoms with Crippen molar-refractivity contribution in [2.45, 2.75) is 13.3 Å². The number of aromatic nitrogens is 2. The van der Waals surface area contributed by atoms with Crippen LogP contribution in [-0.2, 0) is 4.79 Å². The molecule has 0 fully saturated rings. The SMILES string of the molecule is CC/C(=C(/c1ccc(/C=C/C(=O)O)cc1)c1ccc2[nH]nc(F)c2c1)c1ccccc1. The number of nitrogens with zero attached hydrogens (tertiary/aromatic N) is 1. The fourth-order valence-electron chi connectivity index (χ4n) is 3.75. The summed E-state index contributed by atoms with van der Waals surface area (Å²) in [5.74, 6) is -1.51. The van der Waals surface area contributed by atoms with Crippen molar-refractivity contribution >= 4 is 34.1 Å². The van der Waals surface area contributed by atoms with Gasteiger partial charge in [0.1, 0.15) is 0 Å². The smallest absolute Gasteiger partial charge is 0.328 e. The van der Waals surface area contributed by atoms with Gasteiger partial charge in [-0.3, -0.25) is 5.10 Å². The van der Waals surface area contributed by atoms with Gasteiger partial charge < -0.3 is 5.11 Å². The number of nitrogens with one attached hydrogen (secondary N) is 1. The summed E-state index contributed by atoms with van der Waals surface area (Å²) < 4.78 is 14.2. The van der Waals surface area contributed by atoms with Crippen LogP contribution in [0.2, 0.25) is 0 Å². The lowest BCUT2D eigenvalue weighted by atomic mass is 9.87. The number of aromatic amines is 1. The van der Waals surface area contributed by atoms with Crippen LogP contribution in [0, 0.1) is 5.95 Å². The first kappa shape index (κ1) is 20.3. The van der Waals surface area contributed by atoms with Gasteiger partial charge >= 0.3 is 5.97 Å². The first-order valence-corrected chi connectivity index (χ1v) is 10.0. The average molecular weight is 412 g/mol. The van der Waals surface area contributed by atoms with Gasteiger partial charge in [0, 0.05) is 6.08 Å². The van der Waals surface area contributed by atoms with E-state index in [0.29, 0.717) is 10.9 Å². The highest BCUT2D eigenvalue weighted by atomic mass is 19.1. The van der Waals surface area contributed by atoms with Gasteiger partial charge in [-0.15, -0.1) is 5.10 Å². The third kappa shape index (κ3) is 4.31. The first-order valence-electron chi connectivity index (χ1n) is 10.0. The molecule has 0 aliphatic carbocycles. The van der Waals surface area contributed by atoms with Crippen LogP contribution in [0.15, 0.2) is 78.9 Å². The molecule has 0 atom stereocenters. The monoisotopic (exact) mass is 412 g/mol. The number of H-pyrrole nitrogens is 1. The maximum absolute atomic E-state index is 14.2. The zero-order valence-corrected chi connectivity index (χ0v) is 17.0. The maximum atomic E-state index is 14.2. The molecule has 0 bridgehead atoms. The molecule has 0 aliphatic rings. The average Bonchev–Trinajstić information content (AvgIpc) is 3.17. The Hall–Kier alpha value is -3.99. The Morgan fingerprint density at radius 1 is 1.00 bits per heavy atom. The van der Waals surface area contributed by atoms with E-state index < -0.39 is 11.9 Å². The van der Waals surface area contributed by atoms with Crippen LogP contribution in [0.5, 0.6) is 0 Å². The van der Waals surface area contributed by atoms with Gasteiger partial charge in [0.05, 0.1) is 10.9 Å². The standard InChI is InChI=1S/C26H21FN2O2/c1-2-21(18-6-4-3-5-7-18)25(19-11-8-17(9-12-19)10-15-24(30)31)20-13-14-23-22(16-20)26(27)29-28-23/h3-16H,2H2,1H3,(H,28,29)(H,30,31)/b15-10+,25-21+. The summed E-state index contributed by atoms with van der Waals surface area (Å²) in [6, 6.07) is 23.4. The maximum Gasteiger partial charge on any atom is 0.328 e. The van der Waals surface area contributed by atoms with Crippen LogP contribution in [0.4, 0.5) is 4.39 Å². The molecule has 31 heavy (non-hydrogen) atoms. The van der Waals surface area contributed by atoms with E-state index >= 15 is 0 Å². The van der Waals surface area contributed by atoms with Crippen LogP contribution in [0.1, 0.15) is 35.6 Å². The van der Waals surface area contributed by atoms with Gasteiger partial charge in [-0.25, -0.2) is 4.79 Å². The lowest BCUT2D eigenvalue weighted by molar-refractivity contribution is -0.131. The minimum absolute atomic E-state index is 0.444. The molecule has 5 heteroatoms. The quantitative estimate of drug-likeness (QED) is 0.294. The number of carboxylic acids is 1. The Balaban J connectivity index is 1.91. The van der Waals surface area contributed by atoms with Gasteiger partial charge in [-0.1, -0.05) is 67.6 Å². The Labute approximate surface area is 179 Å². The number of hydrogen-bond acceptors (Lipinski definition) is 2. The van der Waals surface area contributed by atoms with Crippen molar-refractivity contribution in [3.63, 3.8) is 0 Å². The number of rotatable bonds is 6. The van der Waals surface area contributed by atoms with Crippen LogP contribution in [0.3, 0.4) is 0 Å². The second-order valence-corrected chi connectivity index (χ2v) is 7.14. The van der Waals surface area contributed by atoms with Crippen LogP contribution >= 0.6 is 0 Å². The van der Waals surface area contributed by atoms with E-state index in [1.54, 1.807) is 6.08 Å². The number of aliphatic carboxylic acids is 1. The molecule has 1 heterocycles. The van der Waals surface area contributed by atoms with E-state index in [1.807, 2.05) is 60.7 Å². The van der Waals surface area contributed by atoms with Crippen molar-refractivity contribution in [3.8, 4) is 0 Å². The Kier molecular flexibility index (Phi) is 5.76. The van der Waals surface area contributed by atoms with Crippen LogP contribution in [-0.4, -0.2) is 21.3 Å². The molecule has 0 amide bonds. The van der Waals surface area contributed by atoms with E-state index in [9.17, 15) is 9.18 Å². The number of benzene rings is 3. The molecule has 4 nitrogen and oxygen atoms in total. The second-order valence-electron chi connectivity index (χ2n) is 7.14. The van der Waals surface area contributed by atoms with Crippen molar-refractivity contribution in [3.05, 3.63) is 107 Å². The van der Waals surface area contributed by atoms with Crippen molar-refractivity contribution in [1.29, 1.82) is 0 Å². The molecule has 0 unspecified atom stereocenters. The van der Waals surface area contributed by atoms with Crippen molar-refractivity contribution in [2.24, 2.45) is 0 Å². The van der Waals surface area contributed by atoms with Gasteiger partial charge in [-0.05, 0) is 58.0 Å². The van der Waals surface area contributed by atoms with Crippen LogP contribution in [0.25, 0.3) is 28.1 Å². The summed E-state index contributed by atoms with van der Waals surface area (Å²) in [6.07, 6.45) is 3.45. The predicted octanol–water partition coefficient (Wildman–Crippen LogP) is 6.17. The summed E-state index contributed by atoms with van der Waals surface area (Å²) in [6.45, 7) is 2.10. The van der Waals surface area contributed by atoms with Gasteiger partial charge in [-0.2, -0.15) is 4.39 Å². The number of carboxylic acid groups (broad SMARTS) is 1. The zero-order valence-electron chi connectivity index (χ0n) is 17.0. The lowest BCUT2D eigenvalue weighted by Crippen LogP contribution is -1.95. The molecule has 4 aromatic rings. The number of carbonyl (C=O) groups is 1. The topological polar surface area (TPSA) is 66.0 Å². The molecule has 4 rings (SSSR count). The molecule has 0 saturated carbocycles. The summed E-state index contributed by atoms with van der Waals surface area (Å²) in [4.78, 5) is 10.8. The van der Waals surface area contributed by atoms with Gasteiger partial charge in [0.2, 0.25) is 5.95 Å².